The third kappa shape index (κ3) is 25.9. The van der Waals surface area contributed by atoms with Crippen LogP contribution in [-0.2, 0) is 14.6 Å². The maximum absolute atomic E-state index is 9.33. The van der Waals surface area contributed by atoms with Gasteiger partial charge in [-0.3, -0.25) is 8.74 Å². The molecule has 0 saturated carbocycles. The largest absolute Gasteiger partial charge is 0.397 e. The topological polar surface area (TPSA) is 116 Å². The molecule has 7 heteroatoms. The van der Waals surface area contributed by atoms with E-state index in [0.717, 1.165) is 7.11 Å². The van der Waals surface area contributed by atoms with Crippen LogP contribution in [0.15, 0.2) is 0 Å². The van der Waals surface area contributed by atoms with Crippen LogP contribution in [0.2, 0.25) is 0 Å². The summed E-state index contributed by atoms with van der Waals surface area (Å²) in [5.41, 5.74) is 10.2. The normalized spacial score (nSPS) is 13.2. The van der Waals surface area contributed by atoms with Gasteiger partial charge < -0.3 is 11.5 Å². The predicted molar refractivity (Wildman–Crippen MR) is 41.3 cm³/mol. The quantitative estimate of drug-likeness (QED) is 0.463. The van der Waals surface area contributed by atoms with E-state index < -0.39 is 10.4 Å². The van der Waals surface area contributed by atoms with Crippen molar-refractivity contribution in [3.8, 4) is 0 Å². The molecule has 0 bridgehead atoms. The molecule has 0 aromatic rings. The molecule has 0 rings (SSSR count). The van der Waals surface area contributed by atoms with Crippen LogP contribution in [-0.4, -0.2) is 32.7 Å². The van der Waals surface area contributed by atoms with Crippen molar-refractivity contribution in [3.63, 3.8) is 0 Å². The molecule has 0 aromatic heterocycles. The molecule has 5 N–H and O–H groups in total. The number of hydrogen-bond acceptors (Lipinski definition) is 5. The third-order valence-corrected chi connectivity index (χ3v) is 1.00. The van der Waals surface area contributed by atoms with E-state index in [4.69, 9.17) is 16.0 Å². The van der Waals surface area contributed by atoms with E-state index in [1.807, 2.05) is 6.92 Å². The maximum Gasteiger partial charge on any atom is 0.397 e. The fraction of sp³-hybridized carbons (Fsp3) is 1.00. The Morgan fingerprint density at radius 2 is 1.82 bits per heavy atom. The fourth-order valence-corrected chi connectivity index (χ4v) is 0. The molecule has 0 aliphatic heterocycles. The second kappa shape index (κ2) is 6.50. The minimum atomic E-state index is -4.16. The average Bonchev–Trinajstić information content (AvgIpc) is 1.88. The first-order valence-electron chi connectivity index (χ1n) is 2.82. The molecule has 0 radical (unpaired) electrons. The predicted octanol–water partition coefficient (Wildman–Crippen LogP) is -1.27. The van der Waals surface area contributed by atoms with E-state index in [9.17, 15) is 8.42 Å². The molecule has 0 spiro atoms. The summed E-state index contributed by atoms with van der Waals surface area (Å²) in [6, 6.07) is 0.162. The zero-order chi connectivity index (χ0) is 9.49. The minimum absolute atomic E-state index is 0.162. The van der Waals surface area contributed by atoms with E-state index in [1.165, 1.54) is 0 Å². The van der Waals surface area contributed by atoms with E-state index in [0.29, 0.717) is 6.54 Å². The van der Waals surface area contributed by atoms with Gasteiger partial charge in [-0.15, -0.1) is 0 Å². The standard InChI is InChI=1S/C3H10N2.CH4O4S/c1-3(5)2-4;1-5-6(2,3)4/h3H,2,4-5H2,1H3;1H3,(H,2,3,4). The summed E-state index contributed by atoms with van der Waals surface area (Å²) in [6.45, 7) is 2.46. The molecule has 11 heavy (non-hydrogen) atoms. The van der Waals surface area contributed by atoms with Gasteiger partial charge in [-0.25, -0.2) is 0 Å². The second-order valence-corrected chi connectivity index (χ2v) is 3.00. The highest BCUT2D eigenvalue weighted by Crippen LogP contribution is 1.74. The van der Waals surface area contributed by atoms with Crippen LogP contribution in [0.4, 0.5) is 0 Å². The number of nitrogens with two attached hydrogens (primary N) is 2. The molecule has 6 nitrogen and oxygen atoms in total. The van der Waals surface area contributed by atoms with E-state index in [2.05, 4.69) is 4.18 Å². The van der Waals surface area contributed by atoms with Gasteiger partial charge in [0.05, 0.1) is 7.11 Å². The molecule has 0 aliphatic carbocycles. The first-order valence-corrected chi connectivity index (χ1v) is 4.18. The van der Waals surface area contributed by atoms with Gasteiger partial charge in [0.25, 0.3) is 0 Å². The van der Waals surface area contributed by atoms with Crippen LogP contribution in [0.25, 0.3) is 0 Å². The summed E-state index contributed by atoms with van der Waals surface area (Å²) in [5, 5.41) is 0. The molecule has 70 valence electrons. The van der Waals surface area contributed by atoms with Gasteiger partial charge in [-0.2, -0.15) is 8.42 Å². The molecular formula is C4H14N2O4S. The summed E-state index contributed by atoms with van der Waals surface area (Å²) in [4.78, 5) is 0. The smallest absolute Gasteiger partial charge is 0.329 e. The first-order chi connectivity index (χ1) is 4.83. The van der Waals surface area contributed by atoms with Crippen molar-refractivity contribution < 1.29 is 17.2 Å². The lowest BCUT2D eigenvalue weighted by molar-refractivity contribution is 0.324. The Bertz CT molecular complexity index is 165. The minimum Gasteiger partial charge on any atom is -0.329 e. The number of hydrogen-bond donors (Lipinski definition) is 3. The van der Waals surface area contributed by atoms with Crippen molar-refractivity contribution in [2.75, 3.05) is 13.7 Å². The van der Waals surface area contributed by atoms with Crippen LogP contribution in [0.1, 0.15) is 6.92 Å². The van der Waals surface area contributed by atoms with Crippen LogP contribution in [0.5, 0.6) is 0 Å². The Hall–Kier alpha value is -0.210. The lowest BCUT2D eigenvalue weighted by Gasteiger charge is -1.92. The summed E-state index contributed by atoms with van der Waals surface area (Å²) in [7, 11) is -3.29. The van der Waals surface area contributed by atoms with Crippen molar-refractivity contribution >= 4 is 10.4 Å². The fourth-order valence-electron chi connectivity index (χ4n) is 0. The summed E-state index contributed by atoms with van der Waals surface area (Å²) in [5.74, 6) is 0. The van der Waals surface area contributed by atoms with Gasteiger partial charge in [-0.05, 0) is 6.92 Å². The Balaban J connectivity index is 0. The molecule has 0 amide bonds. The van der Waals surface area contributed by atoms with Crippen LogP contribution >= 0.6 is 0 Å². The third-order valence-electron chi connectivity index (χ3n) is 0.582. The molecule has 0 aliphatic rings. The van der Waals surface area contributed by atoms with Crippen LogP contribution in [0.3, 0.4) is 0 Å². The summed E-state index contributed by atoms with van der Waals surface area (Å²) >= 11 is 0. The van der Waals surface area contributed by atoms with Gasteiger partial charge in [-0.1, -0.05) is 0 Å². The maximum atomic E-state index is 9.33. The highest BCUT2D eigenvalue weighted by Gasteiger charge is 1.94. The Kier molecular flexibility index (Phi) is 7.91. The number of rotatable bonds is 2. The van der Waals surface area contributed by atoms with Crippen molar-refractivity contribution in [1.82, 2.24) is 0 Å². The molecule has 0 saturated heterocycles. The van der Waals surface area contributed by atoms with Gasteiger partial charge in [0.1, 0.15) is 0 Å². The Morgan fingerprint density at radius 1 is 1.64 bits per heavy atom. The molecular weight excluding hydrogens is 172 g/mol. The molecule has 1 atom stereocenters. The average molecular weight is 186 g/mol. The molecule has 1 unspecified atom stereocenters. The van der Waals surface area contributed by atoms with Crippen molar-refractivity contribution in [1.29, 1.82) is 0 Å². The van der Waals surface area contributed by atoms with Gasteiger partial charge in [0, 0.05) is 12.6 Å². The van der Waals surface area contributed by atoms with Crippen molar-refractivity contribution in [3.05, 3.63) is 0 Å². The van der Waals surface area contributed by atoms with E-state index in [-0.39, 0.29) is 6.04 Å². The molecule has 0 heterocycles. The van der Waals surface area contributed by atoms with Crippen LogP contribution in [0, 0.1) is 0 Å². The molecule has 0 fully saturated rings. The summed E-state index contributed by atoms with van der Waals surface area (Å²) in [6.07, 6.45) is 0. The lowest BCUT2D eigenvalue weighted by Crippen LogP contribution is -2.25. The Labute approximate surface area is 66.5 Å². The highest BCUT2D eigenvalue weighted by molar-refractivity contribution is 7.80. The highest BCUT2D eigenvalue weighted by atomic mass is 32.3. The first kappa shape index (κ1) is 13.4. The van der Waals surface area contributed by atoms with Gasteiger partial charge >= 0.3 is 10.4 Å². The van der Waals surface area contributed by atoms with Crippen LogP contribution < -0.4 is 11.5 Å². The van der Waals surface area contributed by atoms with Gasteiger partial charge in [0.2, 0.25) is 0 Å². The SMILES string of the molecule is CC(N)CN.COS(=O)(=O)O. The zero-order valence-corrected chi connectivity index (χ0v) is 7.34. The van der Waals surface area contributed by atoms with E-state index in [1.54, 1.807) is 0 Å². The summed E-state index contributed by atoms with van der Waals surface area (Å²) < 4.78 is 29.7. The van der Waals surface area contributed by atoms with Crippen molar-refractivity contribution in [2.45, 2.75) is 13.0 Å². The van der Waals surface area contributed by atoms with Crippen molar-refractivity contribution in [2.24, 2.45) is 11.5 Å². The zero-order valence-electron chi connectivity index (χ0n) is 6.52. The van der Waals surface area contributed by atoms with Gasteiger partial charge in [0.15, 0.2) is 0 Å². The molecule has 0 aromatic carbocycles. The lowest BCUT2D eigenvalue weighted by atomic mass is 10.4. The second-order valence-electron chi connectivity index (χ2n) is 1.81. The monoisotopic (exact) mass is 186 g/mol. The van der Waals surface area contributed by atoms with E-state index >= 15 is 0 Å². The Morgan fingerprint density at radius 3 is 1.82 bits per heavy atom.